The van der Waals surface area contributed by atoms with E-state index in [9.17, 15) is 4.79 Å². The zero-order chi connectivity index (χ0) is 20.1. The molecule has 146 valence electrons. The minimum absolute atomic E-state index is 0.0279. The van der Waals surface area contributed by atoms with Gasteiger partial charge in [0.15, 0.2) is 0 Å². The summed E-state index contributed by atoms with van der Waals surface area (Å²) in [6.45, 7) is 2.59. The molecule has 0 fully saturated rings. The molecule has 0 radical (unpaired) electrons. The summed E-state index contributed by atoms with van der Waals surface area (Å²) in [5.74, 6) is 0.304. The van der Waals surface area contributed by atoms with Gasteiger partial charge in [0.25, 0.3) is 0 Å². The van der Waals surface area contributed by atoms with Crippen LogP contribution in [-0.2, 0) is 11.3 Å². The number of carbonyl (C=O) groups excluding carboxylic acids is 1. The SMILES string of the molecule is Cc1ccc(-n2nnnc2SCC(=O)N(C)Cc2ccc(N(C)C)cc2)cc1. The van der Waals surface area contributed by atoms with Crippen LogP contribution in [0.25, 0.3) is 5.69 Å². The number of benzene rings is 2. The first-order chi connectivity index (χ1) is 13.4. The van der Waals surface area contributed by atoms with Gasteiger partial charge < -0.3 is 9.80 Å². The molecular formula is C20H24N6OS. The third-order valence-corrected chi connectivity index (χ3v) is 5.25. The first kappa shape index (κ1) is 19.9. The molecule has 0 unspecified atom stereocenters. The van der Waals surface area contributed by atoms with Crippen LogP contribution < -0.4 is 4.90 Å². The Hall–Kier alpha value is -2.87. The van der Waals surface area contributed by atoms with Gasteiger partial charge in [-0.1, -0.05) is 41.6 Å². The Kier molecular flexibility index (Phi) is 6.30. The predicted molar refractivity (Wildman–Crippen MR) is 112 cm³/mol. The molecule has 8 heteroatoms. The molecule has 0 aliphatic carbocycles. The van der Waals surface area contributed by atoms with Gasteiger partial charge in [-0.15, -0.1) is 5.10 Å². The van der Waals surface area contributed by atoms with E-state index in [1.807, 2.05) is 69.4 Å². The summed E-state index contributed by atoms with van der Waals surface area (Å²) < 4.78 is 1.65. The molecule has 28 heavy (non-hydrogen) atoms. The van der Waals surface area contributed by atoms with E-state index < -0.39 is 0 Å². The summed E-state index contributed by atoms with van der Waals surface area (Å²) in [4.78, 5) is 16.3. The van der Waals surface area contributed by atoms with Crippen LogP contribution in [0.4, 0.5) is 5.69 Å². The van der Waals surface area contributed by atoms with Crippen molar-refractivity contribution >= 4 is 23.4 Å². The minimum atomic E-state index is 0.0279. The van der Waals surface area contributed by atoms with Gasteiger partial charge in [0.2, 0.25) is 11.1 Å². The van der Waals surface area contributed by atoms with Gasteiger partial charge in [-0.05, 0) is 47.2 Å². The van der Waals surface area contributed by atoms with Crippen molar-refractivity contribution in [2.45, 2.75) is 18.6 Å². The molecule has 1 amide bonds. The van der Waals surface area contributed by atoms with E-state index in [4.69, 9.17) is 0 Å². The number of thioether (sulfide) groups is 1. The smallest absolute Gasteiger partial charge is 0.233 e. The monoisotopic (exact) mass is 396 g/mol. The average Bonchev–Trinajstić information content (AvgIpc) is 3.15. The van der Waals surface area contributed by atoms with Crippen molar-refractivity contribution < 1.29 is 4.79 Å². The second kappa shape index (κ2) is 8.88. The molecule has 0 saturated carbocycles. The molecule has 3 aromatic rings. The summed E-state index contributed by atoms with van der Waals surface area (Å²) in [5.41, 5.74) is 4.27. The second-order valence-corrected chi connectivity index (χ2v) is 7.75. The highest BCUT2D eigenvalue weighted by Gasteiger charge is 2.14. The lowest BCUT2D eigenvalue weighted by molar-refractivity contribution is -0.127. The number of rotatable bonds is 7. The molecule has 0 saturated heterocycles. The number of anilines is 1. The van der Waals surface area contributed by atoms with Gasteiger partial charge in [0.05, 0.1) is 11.4 Å². The Labute approximate surface area is 169 Å². The van der Waals surface area contributed by atoms with Crippen LogP contribution in [0.15, 0.2) is 53.7 Å². The summed E-state index contributed by atoms with van der Waals surface area (Å²) >= 11 is 1.34. The molecule has 1 aromatic heterocycles. The van der Waals surface area contributed by atoms with E-state index in [2.05, 4.69) is 27.7 Å². The van der Waals surface area contributed by atoms with E-state index in [1.165, 1.54) is 17.3 Å². The van der Waals surface area contributed by atoms with Gasteiger partial charge in [-0.3, -0.25) is 4.79 Å². The fourth-order valence-corrected chi connectivity index (χ4v) is 3.45. The number of nitrogens with zero attached hydrogens (tertiary/aromatic N) is 6. The third-order valence-electron chi connectivity index (χ3n) is 4.34. The maximum Gasteiger partial charge on any atom is 0.233 e. The Bertz CT molecular complexity index is 921. The Morgan fingerprint density at radius 3 is 2.36 bits per heavy atom. The third kappa shape index (κ3) is 4.89. The van der Waals surface area contributed by atoms with Crippen LogP contribution in [0.2, 0.25) is 0 Å². The Morgan fingerprint density at radius 1 is 1.04 bits per heavy atom. The van der Waals surface area contributed by atoms with Crippen LogP contribution in [0.3, 0.4) is 0 Å². The van der Waals surface area contributed by atoms with Crippen LogP contribution in [0, 0.1) is 6.92 Å². The lowest BCUT2D eigenvalue weighted by Gasteiger charge is -2.18. The molecule has 0 spiro atoms. The zero-order valence-electron chi connectivity index (χ0n) is 16.5. The number of hydrogen-bond donors (Lipinski definition) is 0. The molecule has 7 nitrogen and oxygen atoms in total. The lowest BCUT2D eigenvalue weighted by Crippen LogP contribution is -2.28. The van der Waals surface area contributed by atoms with Gasteiger partial charge in [0.1, 0.15) is 0 Å². The van der Waals surface area contributed by atoms with Crippen LogP contribution >= 0.6 is 11.8 Å². The summed E-state index contributed by atoms with van der Waals surface area (Å²) in [7, 11) is 5.82. The fourth-order valence-electron chi connectivity index (χ4n) is 2.61. The van der Waals surface area contributed by atoms with E-state index in [1.54, 1.807) is 9.58 Å². The predicted octanol–water partition coefficient (Wildman–Crippen LogP) is 2.79. The van der Waals surface area contributed by atoms with Crippen molar-refractivity contribution in [2.24, 2.45) is 0 Å². The number of tetrazole rings is 1. The topological polar surface area (TPSA) is 67.2 Å². The van der Waals surface area contributed by atoms with Gasteiger partial charge in [-0.25, -0.2) is 0 Å². The number of carbonyl (C=O) groups is 1. The van der Waals surface area contributed by atoms with Crippen molar-refractivity contribution in [3.8, 4) is 5.69 Å². The number of aromatic nitrogens is 4. The molecule has 3 rings (SSSR count). The van der Waals surface area contributed by atoms with Crippen LogP contribution in [-0.4, -0.2) is 57.9 Å². The average molecular weight is 397 g/mol. The largest absolute Gasteiger partial charge is 0.378 e. The first-order valence-corrected chi connectivity index (χ1v) is 9.91. The highest BCUT2D eigenvalue weighted by Crippen LogP contribution is 2.19. The molecule has 0 bridgehead atoms. The molecule has 0 aliphatic heterocycles. The fraction of sp³-hybridized carbons (Fsp3) is 0.300. The summed E-state index contributed by atoms with van der Waals surface area (Å²) in [6, 6.07) is 16.1. The summed E-state index contributed by atoms with van der Waals surface area (Å²) in [5, 5.41) is 12.4. The minimum Gasteiger partial charge on any atom is -0.378 e. The van der Waals surface area contributed by atoms with Crippen molar-refractivity contribution in [2.75, 3.05) is 31.8 Å². The number of aryl methyl sites for hydroxylation is 1. The molecule has 2 aromatic carbocycles. The second-order valence-electron chi connectivity index (χ2n) is 6.81. The molecule has 1 heterocycles. The van der Waals surface area contributed by atoms with Crippen molar-refractivity contribution in [3.05, 3.63) is 59.7 Å². The van der Waals surface area contributed by atoms with Crippen molar-refractivity contribution in [1.82, 2.24) is 25.1 Å². The molecule has 0 aliphatic rings. The van der Waals surface area contributed by atoms with Crippen molar-refractivity contribution in [1.29, 1.82) is 0 Å². The first-order valence-electron chi connectivity index (χ1n) is 8.92. The molecule has 0 N–H and O–H groups in total. The van der Waals surface area contributed by atoms with E-state index >= 15 is 0 Å². The number of amides is 1. The maximum atomic E-state index is 12.5. The lowest BCUT2D eigenvalue weighted by atomic mass is 10.2. The van der Waals surface area contributed by atoms with E-state index in [0.29, 0.717) is 11.7 Å². The van der Waals surface area contributed by atoms with E-state index in [-0.39, 0.29) is 11.7 Å². The normalized spacial score (nSPS) is 10.7. The highest BCUT2D eigenvalue weighted by molar-refractivity contribution is 7.99. The number of hydrogen-bond acceptors (Lipinski definition) is 6. The quantitative estimate of drug-likeness (QED) is 0.572. The van der Waals surface area contributed by atoms with Crippen molar-refractivity contribution in [3.63, 3.8) is 0 Å². The summed E-state index contributed by atoms with van der Waals surface area (Å²) in [6.07, 6.45) is 0. The van der Waals surface area contributed by atoms with Gasteiger partial charge >= 0.3 is 0 Å². The zero-order valence-corrected chi connectivity index (χ0v) is 17.3. The Morgan fingerprint density at radius 2 is 1.71 bits per heavy atom. The Balaban J connectivity index is 1.58. The molecule has 0 atom stereocenters. The van der Waals surface area contributed by atoms with E-state index in [0.717, 1.165) is 16.9 Å². The van der Waals surface area contributed by atoms with Crippen LogP contribution in [0.5, 0.6) is 0 Å². The standard InChI is InChI=1S/C20H24N6OS/c1-15-5-9-18(10-6-15)26-20(21-22-23-26)28-14-19(27)25(4)13-16-7-11-17(12-8-16)24(2)3/h5-12H,13-14H2,1-4H3. The molecular weight excluding hydrogens is 372 g/mol. The van der Waals surface area contributed by atoms with Crippen LogP contribution in [0.1, 0.15) is 11.1 Å². The maximum absolute atomic E-state index is 12.5. The highest BCUT2D eigenvalue weighted by atomic mass is 32.2. The van der Waals surface area contributed by atoms with Gasteiger partial charge in [0, 0.05) is 33.4 Å². The van der Waals surface area contributed by atoms with Gasteiger partial charge in [-0.2, -0.15) is 4.68 Å².